The number of carbonyl (C=O) groups excluding carboxylic acids is 1. The van der Waals surface area contributed by atoms with Crippen LogP contribution in [-0.2, 0) is 11.2 Å². The van der Waals surface area contributed by atoms with Crippen molar-refractivity contribution < 1.29 is 4.79 Å². The summed E-state index contributed by atoms with van der Waals surface area (Å²) in [4.78, 5) is 12.1. The summed E-state index contributed by atoms with van der Waals surface area (Å²) in [6, 6.07) is 4.45. The Bertz CT molecular complexity index is 606. The quantitative estimate of drug-likeness (QED) is 0.726. The van der Waals surface area contributed by atoms with Crippen LogP contribution in [-0.4, -0.2) is 5.78 Å². The Balaban J connectivity index is 2.31. The minimum Gasteiger partial charge on any atom is -0.295 e. The van der Waals surface area contributed by atoms with Crippen LogP contribution >= 0.6 is 0 Å². The number of carbonyl (C=O) groups is 1. The van der Waals surface area contributed by atoms with Crippen molar-refractivity contribution in [2.45, 2.75) is 53.4 Å². The van der Waals surface area contributed by atoms with Gasteiger partial charge in [0, 0.05) is 11.8 Å². The second kappa shape index (κ2) is 4.06. The van der Waals surface area contributed by atoms with Gasteiger partial charge in [-0.3, -0.25) is 4.79 Å². The van der Waals surface area contributed by atoms with Crippen molar-refractivity contribution in [3.63, 3.8) is 0 Å². The Kier molecular flexibility index (Phi) is 2.70. The van der Waals surface area contributed by atoms with E-state index in [2.05, 4.69) is 32.9 Å². The van der Waals surface area contributed by atoms with Crippen LogP contribution < -0.4 is 0 Å². The molecular formula is C18H22O. The molecule has 2 aliphatic rings. The Labute approximate surface area is 115 Å². The SMILES string of the molecule is CCC12CCC(=O)C(C)=C1c1ccc(C)c(C)c1C2. The number of Topliss-reactive ketones (excluding diaryl/α,β-unsaturated/α-hetero) is 1. The van der Waals surface area contributed by atoms with Crippen molar-refractivity contribution in [2.24, 2.45) is 5.41 Å². The predicted molar refractivity (Wildman–Crippen MR) is 79.2 cm³/mol. The van der Waals surface area contributed by atoms with E-state index in [0.29, 0.717) is 5.78 Å². The highest BCUT2D eigenvalue weighted by atomic mass is 16.1. The van der Waals surface area contributed by atoms with E-state index in [1.165, 1.54) is 27.8 Å². The molecule has 1 nitrogen and oxygen atoms in total. The molecular weight excluding hydrogens is 232 g/mol. The predicted octanol–water partition coefficient (Wildman–Crippen LogP) is 4.39. The molecule has 1 unspecified atom stereocenters. The van der Waals surface area contributed by atoms with Crippen LogP contribution in [0.2, 0.25) is 0 Å². The maximum atomic E-state index is 12.1. The van der Waals surface area contributed by atoms with Gasteiger partial charge >= 0.3 is 0 Å². The zero-order valence-corrected chi connectivity index (χ0v) is 12.4. The van der Waals surface area contributed by atoms with Crippen molar-refractivity contribution in [3.8, 4) is 0 Å². The summed E-state index contributed by atoms with van der Waals surface area (Å²) in [6.45, 7) is 8.72. The number of allylic oxidation sites excluding steroid dienone is 2. The summed E-state index contributed by atoms with van der Waals surface area (Å²) in [5.41, 5.74) is 8.26. The molecule has 0 radical (unpaired) electrons. The van der Waals surface area contributed by atoms with Crippen molar-refractivity contribution in [1.82, 2.24) is 0 Å². The number of hydrogen-bond donors (Lipinski definition) is 0. The lowest BCUT2D eigenvalue weighted by Gasteiger charge is -2.34. The van der Waals surface area contributed by atoms with Crippen molar-refractivity contribution in [2.75, 3.05) is 0 Å². The van der Waals surface area contributed by atoms with E-state index in [4.69, 9.17) is 0 Å². The van der Waals surface area contributed by atoms with Gasteiger partial charge in [-0.05, 0) is 73.4 Å². The van der Waals surface area contributed by atoms with Crippen LogP contribution in [0.15, 0.2) is 17.7 Å². The first-order valence-corrected chi connectivity index (χ1v) is 7.34. The molecule has 1 aromatic rings. The number of fused-ring (bicyclic) bond motifs is 3. The monoisotopic (exact) mass is 254 g/mol. The zero-order chi connectivity index (χ0) is 13.8. The number of hydrogen-bond acceptors (Lipinski definition) is 1. The van der Waals surface area contributed by atoms with Crippen molar-refractivity contribution in [3.05, 3.63) is 40.0 Å². The Morgan fingerprint density at radius 3 is 2.63 bits per heavy atom. The first-order chi connectivity index (χ1) is 9.00. The molecule has 0 aliphatic heterocycles. The maximum Gasteiger partial charge on any atom is 0.158 e. The van der Waals surface area contributed by atoms with Gasteiger partial charge in [0.2, 0.25) is 0 Å². The fraction of sp³-hybridized carbons (Fsp3) is 0.500. The lowest BCUT2D eigenvalue weighted by molar-refractivity contribution is -0.116. The van der Waals surface area contributed by atoms with Gasteiger partial charge in [0.05, 0.1) is 0 Å². The zero-order valence-electron chi connectivity index (χ0n) is 12.4. The average Bonchev–Trinajstić information content (AvgIpc) is 2.75. The Morgan fingerprint density at radius 1 is 1.21 bits per heavy atom. The summed E-state index contributed by atoms with van der Waals surface area (Å²) in [5, 5.41) is 0. The van der Waals surface area contributed by atoms with E-state index >= 15 is 0 Å². The summed E-state index contributed by atoms with van der Waals surface area (Å²) in [7, 11) is 0. The van der Waals surface area contributed by atoms with Gasteiger partial charge in [-0.1, -0.05) is 19.1 Å². The van der Waals surface area contributed by atoms with E-state index in [1.54, 1.807) is 0 Å². The normalized spacial score (nSPS) is 25.6. The molecule has 100 valence electrons. The highest BCUT2D eigenvalue weighted by Gasteiger charge is 2.45. The molecule has 0 saturated carbocycles. The standard InChI is InChI=1S/C18H22O/c1-5-18-9-8-16(19)13(4)17(18)14-7-6-11(2)12(3)15(14)10-18/h6-7H,5,8-10H2,1-4H3. The lowest BCUT2D eigenvalue weighted by atomic mass is 9.68. The van der Waals surface area contributed by atoms with E-state index in [9.17, 15) is 4.79 Å². The average molecular weight is 254 g/mol. The van der Waals surface area contributed by atoms with Crippen LogP contribution in [0.1, 0.15) is 55.4 Å². The summed E-state index contributed by atoms with van der Waals surface area (Å²) < 4.78 is 0. The largest absolute Gasteiger partial charge is 0.295 e. The van der Waals surface area contributed by atoms with E-state index in [1.807, 2.05) is 6.92 Å². The molecule has 0 heterocycles. The second-order valence-corrected chi connectivity index (χ2v) is 6.27. The van der Waals surface area contributed by atoms with Crippen LogP contribution in [0.3, 0.4) is 0 Å². The fourth-order valence-electron chi connectivity index (χ4n) is 4.02. The molecule has 1 heteroatoms. The summed E-state index contributed by atoms with van der Waals surface area (Å²) in [6.07, 6.45) is 4.03. The summed E-state index contributed by atoms with van der Waals surface area (Å²) >= 11 is 0. The van der Waals surface area contributed by atoms with Gasteiger partial charge in [-0.15, -0.1) is 0 Å². The van der Waals surface area contributed by atoms with Crippen LogP contribution in [0.4, 0.5) is 0 Å². The van der Waals surface area contributed by atoms with Crippen LogP contribution in [0.25, 0.3) is 5.57 Å². The highest BCUT2D eigenvalue weighted by Crippen LogP contribution is 2.56. The fourth-order valence-corrected chi connectivity index (χ4v) is 4.02. The smallest absolute Gasteiger partial charge is 0.158 e. The number of rotatable bonds is 1. The topological polar surface area (TPSA) is 17.1 Å². The van der Waals surface area contributed by atoms with Crippen LogP contribution in [0, 0.1) is 19.3 Å². The molecule has 1 atom stereocenters. The molecule has 1 aromatic carbocycles. The molecule has 19 heavy (non-hydrogen) atoms. The first-order valence-electron chi connectivity index (χ1n) is 7.34. The Morgan fingerprint density at radius 2 is 1.95 bits per heavy atom. The summed E-state index contributed by atoms with van der Waals surface area (Å²) in [5.74, 6) is 0.352. The molecule has 0 saturated heterocycles. The third-order valence-electron chi connectivity index (χ3n) is 5.48. The number of aryl methyl sites for hydroxylation is 1. The number of benzene rings is 1. The first kappa shape index (κ1) is 12.7. The molecule has 0 bridgehead atoms. The van der Waals surface area contributed by atoms with Gasteiger partial charge in [0.25, 0.3) is 0 Å². The van der Waals surface area contributed by atoms with Crippen LogP contribution in [0.5, 0.6) is 0 Å². The van der Waals surface area contributed by atoms with Crippen molar-refractivity contribution in [1.29, 1.82) is 0 Å². The minimum atomic E-state index is 0.235. The highest BCUT2D eigenvalue weighted by molar-refractivity contribution is 6.06. The molecule has 0 fully saturated rings. The minimum absolute atomic E-state index is 0.235. The maximum absolute atomic E-state index is 12.1. The van der Waals surface area contributed by atoms with Crippen molar-refractivity contribution >= 4 is 11.4 Å². The van der Waals surface area contributed by atoms with E-state index < -0.39 is 0 Å². The lowest BCUT2D eigenvalue weighted by Crippen LogP contribution is -2.27. The molecule has 3 rings (SSSR count). The van der Waals surface area contributed by atoms with Gasteiger partial charge in [-0.2, -0.15) is 0 Å². The molecule has 0 N–H and O–H groups in total. The molecule has 2 aliphatic carbocycles. The molecule has 0 aromatic heterocycles. The number of ketones is 1. The van der Waals surface area contributed by atoms with Gasteiger partial charge in [0.15, 0.2) is 5.78 Å². The third kappa shape index (κ3) is 1.57. The van der Waals surface area contributed by atoms with Gasteiger partial charge in [-0.25, -0.2) is 0 Å². The van der Waals surface area contributed by atoms with E-state index in [-0.39, 0.29) is 5.41 Å². The third-order valence-corrected chi connectivity index (χ3v) is 5.48. The molecule has 0 spiro atoms. The second-order valence-electron chi connectivity index (χ2n) is 6.27. The molecule has 0 amide bonds. The van der Waals surface area contributed by atoms with Gasteiger partial charge in [0.1, 0.15) is 0 Å². The Hall–Kier alpha value is -1.37. The van der Waals surface area contributed by atoms with Gasteiger partial charge < -0.3 is 0 Å². The van der Waals surface area contributed by atoms with E-state index in [0.717, 1.165) is 31.3 Å².